The Bertz CT molecular complexity index is 481. The SMILES string of the molecule is CCC(N)COc1cccc2sc(C)nc12. The third-order valence-corrected chi connectivity index (χ3v) is 3.40. The van der Waals surface area contributed by atoms with Crippen LogP contribution in [0.3, 0.4) is 0 Å². The molecule has 0 amide bonds. The summed E-state index contributed by atoms with van der Waals surface area (Å²) in [6.07, 6.45) is 0.923. The van der Waals surface area contributed by atoms with Gasteiger partial charge in [0.1, 0.15) is 17.9 Å². The molecule has 0 fully saturated rings. The summed E-state index contributed by atoms with van der Waals surface area (Å²) in [4.78, 5) is 4.47. The van der Waals surface area contributed by atoms with Gasteiger partial charge in [-0.05, 0) is 25.5 Å². The summed E-state index contributed by atoms with van der Waals surface area (Å²) in [6.45, 7) is 4.61. The lowest BCUT2D eigenvalue weighted by Crippen LogP contribution is -2.26. The van der Waals surface area contributed by atoms with Gasteiger partial charge in [0, 0.05) is 6.04 Å². The van der Waals surface area contributed by atoms with Gasteiger partial charge < -0.3 is 10.5 Å². The number of nitrogens with zero attached hydrogens (tertiary/aromatic N) is 1. The van der Waals surface area contributed by atoms with Crippen molar-refractivity contribution in [2.45, 2.75) is 26.3 Å². The molecule has 4 heteroatoms. The van der Waals surface area contributed by atoms with Crippen molar-refractivity contribution in [3.8, 4) is 5.75 Å². The fourth-order valence-corrected chi connectivity index (χ4v) is 2.31. The van der Waals surface area contributed by atoms with Crippen LogP contribution in [0.1, 0.15) is 18.4 Å². The molecule has 1 atom stereocenters. The minimum atomic E-state index is 0.0926. The highest BCUT2D eigenvalue weighted by Crippen LogP contribution is 2.29. The zero-order chi connectivity index (χ0) is 11.5. The van der Waals surface area contributed by atoms with Gasteiger partial charge in [0.2, 0.25) is 0 Å². The predicted molar refractivity (Wildman–Crippen MR) is 68.1 cm³/mol. The molecule has 0 aliphatic heterocycles. The van der Waals surface area contributed by atoms with Gasteiger partial charge in [0.05, 0.1) is 9.71 Å². The molecule has 1 unspecified atom stereocenters. The van der Waals surface area contributed by atoms with E-state index in [1.54, 1.807) is 11.3 Å². The first-order valence-electron chi connectivity index (χ1n) is 5.45. The Kier molecular flexibility index (Phi) is 3.41. The Morgan fingerprint density at radius 3 is 3.06 bits per heavy atom. The lowest BCUT2D eigenvalue weighted by Gasteiger charge is -2.11. The number of ether oxygens (including phenoxy) is 1. The predicted octanol–water partition coefficient (Wildman–Crippen LogP) is 2.72. The minimum Gasteiger partial charge on any atom is -0.490 e. The van der Waals surface area contributed by atoms with E-state index in [0.29, 0.717) is 6.61 Å². The van der Waals surface area contributed by atoms with E-state index < -0.39 is 0 Å². The third kappa shape index (κ3) is 2.33. The second-order valence-corrected chi connectivity index (χ2v) is 5.05. The van der Waals surface area contributed by atoms with Gasteiger partial charge in [-0.25, -0.2) is 4.98 Å². The first-order valence-corrected chi connectivity index (χ1v) is 6.27. The summed E-state index contributed by atoms with van der Waals surface area (Å²) < 4.78 is 6.87. The molecule has 2 rings (SSSR count). The van der Waals surface area contributed by atoms with E-state index in [0.717, 1.165) is 22.7 Å². The molecular weight excluding hydrogens is 220 g/mol. The van der Waals surface area contributed by atoms with Gasteiger partial charge in [0.15, 0.2) is 0 Å². The number of hydrogen-bond acceptors (Lipinski definition) is 4. The average molecular weight is 236 g/mol. The minimum absolute atomic E-state index is 0.0926. The summed E-state index contributed by atoms with van der Waals surface area (Å²) >= 11 is 1.68. The number of aromatic nitrogens is 1. The topological polar surface area (TPSA) is 48.1 Å². The largest absolute Gasteiger partial charge is 0.490 e. The Balaban J connectivity index is 2.23. The van der Waals surface area contributed by atoms with Crippen molar-refractivity contribution in [2.24, 2.45) is 5.73 Å². The summed E-state index contributed by atoms with van der Waals surface area (Å²) in [5.41, 5.74) is 6.78. The summed E-state index contributed by atoms with van der Waals surface area (Å²) in [5.74, 6) is 0.839. The second-order valence-electron chi connectivity index (χ2n) is 3.82. The highest BCUT2D eigenvalue weighted by Gasteiger charge is 2.08. The van der Waals surface area contributed by atoms with Gasteiger partial charge in [-0.1, -0.05) is 13.0 Å². The van der Waals surface area contributed by atoms with Crippen molar-refractivity contribution in [1.29, 1.82) is 0 Å². The molecule has 0 saturated heterocycles. The normalized spacial score (nSPS) is 12.9. The van der Waals surface area contributed by atoms with Crippen LogP contribution in [0.25, 0.3) is 10.2 Å². The molecule has 16 heavy (non-hydrogen) atoms. The number of benzene rings is 1. The number of thiazole rings is 1. The Labute approximate surface area is 99.3 Å². The van der Waals surface area contributed by atoms with Crippen LogP contribution in [0.5, 0.6) is 5.75 Å². The highest BCUT2D eigenvalue weighted by atomic mass is 32.1. The van der Waals surface area contributed by atoms with Crippen molar-refractivity contribution in [3.05, 3.63) is 23.2 Å². The Morgan fingerprint density at radius 1 is 1.50 bits per heavy atom. The molecular formula is C12H16N2OS. The number of fused-ring (bicyclic) bond motifs is 1. The van der Waals surface area contributed by atoms with E-state index in [-0.39, 0.29) is 6.04 Å². The van der Waals surface area contributed by atoms with Crippen molar-refractivity contribution < 1.29 is 4.74 Å². The molecule has 2 N–H and O–H groups in total. The fraction of sp³-hybridized carbons (Fsp3) is 0.417. The van der Waals surface area contributed by atoms with Gasteiger partial charge in [-0.15, -0.1) is 11.3 Å². The lowest BCUT2D eigenvalue weighted by atomic mass is 10.2. The molecule has 1 aromatic carbocycles. The Morgan fingerprint density at radius 2 is 2.31 bits per heavy atom. The average Bonchev–Trinajstić information content (AvgIpc) is 2.66. The number of para-hydroxylation sites is 1. The molecule has 0 aliphatic carbocycles. The molecule has 2 aromatic rings. The van der Waals surface area contributed by atoms with Gasteiger partial charge in [-0.3, -0.25) is 0 Å². The van der Waals surface area contributed by atoms with Crippen LogP contribution in [0.15, 0.2) is 18.2 Å². The molecule has 1 aromatic heterocycles. The van der Waals surface area contributed by atoms with Crippen LogP contribution in [0, 0.1) is 6.92 Å². The van der Waals surface area contributed by atoms with Crippen molar-refractivity contribution in [1.82, 2.24) is 4.98 Å². The highest BCUT2D eigenvalue weighted by molar-refractivity contribution is 7.18. The molecule has 0 spiro atoms. The van der Waals surface area contributed by atoms with E-state index in [1.165, 1.54) is 4.70 Å². The van der Waals surface area contributed by atoms with Crippen molar-refractivity contribution in [2.75, 3.05) is 6.61 Å². The number of nitrogens with two attached hydrogens (primary N) is 1. The first-order chi connectivity index (χ1) is 7.70. The number of aryl methyl sites for hydroxylation is 1. The van der Waals surface area contributed by atoms with E-state index in [9.17, 15) is 0 Å². The van der Waals surface area contributed by atoms with E-state index in [2.05, 4.69) is 18.0 Å². The lowest BCUT2D eigenvalue weighted by molar-refractivity contribution is 0.288. The van der Waals surface area contributed by atoms with Crippen LogP contribution in [-0.2, 0) is 0 Å². The number of hydrogen-bond donors (Lipinski definition) is 1. The van der Waals surface area contributed by atoms with E-state index in [1.807, 2.05) is 19.1 Å². The summed E-state index contributed by atoms with van der Waals surface area (Å²) in [5, 5.41) is 1.06. The van der Waals surface area contributed by atoms with Crippen molar-refractivity contribution in [3.63, 3.8) is 0 Å². The quantitative estimate of drug-likeness (QED) is 0.888. The van der Waals surface area contributed by atoms with E-state index >= 15 is 0 Å². The molecule has 86 valence electrons. The molecule has 1 heterocycles. The zero-order valence-corrected chi connectivity index (χ0v) is 10.4. The van der Waals surface area contributed by atoms with Gasteiger partial charge >= 0.3 is 0 Å². The molecule has 0 radical (unpaired) electrons. The number of rotatable bonds is 4. The molecule has 0 bridgehead atoms. The second kappa shape index (κ2) is 4.80. The summed E-state index contributed by atoms with van der Waals surface area (Å²) in [7, 11) is 0. The molecule has 3 nitrogen and oxygen atoms in total. The van der Waals surface area contributed by atoms with Crippen LogP contribution in [-0.4, -0.2) is 17.6 Å². The zero-order valence-electron chi connectivity index (χ0n) is 9.56. The van der Waals surface area contributed by atoms with Crippen LogP contribution in [0.4, 0.5) is 0 Å². The van der Waals surface area contributed by atoms with Gasteiger partial charge in [-0.2, -0.15) is 0 Å². The van der Waals surface area contributed by atoms with Crippen LogP contribution in [0.2, 0.25) is 0 Å². The third-order valence-electron chi connectivity index (χ3n) is 2.47. The Hall–Kier alpha value is -1.13. The van der Waals surface area contributed by atoms with E-state index in [4.69, 9.17) is 10.5 Å². The maximum absolute atomic E-state index is 5.83. The maximum Gasteiger partial charge on any atom is 0.146 e. The first kappa shape index (κ1) is 11.4. The fourth-order valence-electron chi connectivity index (χ4n) is 1.47. The van der Waals surface area contributed by atoms with Crippen molar-refractivity contribution >= 4 is 21.6 Å². The monoisotopic (exact) mass is 236 g/mol. The molecule has 0 saturated carbocycles. The van der Waals surface area contributed by atoms with Crippen LogP contribution < -0.4 is 10.5 Å². The van der Waals surface area contributed by atoms with Gasteiger partial charge in [0.25, 0.3) is 0 Å². The van der Waals surface area contributed by atoms with Crippen LogP contribution >= 0.6 is 11.3 Å². The standard InChI is InChI=1S/C12H16N2OS/c1-3-9(13)7-15-10-5-4-6-11-12(10)14-8(2)16-11/h4-6,9H,3,7,13H2,1-2H3. The molecule has 0 aliphatic rings. The summed E-state index contributed by atoms with van der Waals surface area (Å²) in [6, 6.07) is 6.10. The smallest absolute Gasteiger partial charge is 0.146 e. The maximum atomic E-state index is 5.83.